The van der Waals surface area contributed by atoms with Crippen LogP contribution in [0.2, 0.25) is 0 Å². The number of piperazine rings is 1. The number of aliphatic hydroxyl groups excluding tert-OH is 1. The Morgan fingerprint density at radius 3 is 2.03 bits per heavy atom. The average molecular weight is 532 g/mol. The van der Waals surface area contributed by atoms with Gasteiger partial charge in [-0.05, 0) is 42.5 Å². The van der Waals surface area contributed by atoms with Crippen molar-refractivity contribution in [3.05, 3.63) is 76.9 Å². The summed E-state index contributed by atoms with van der Waals surface area (Å²) in [6, 6.07) is 17.3. The number of hydrogen-bond donors (Lipinski definition) is 1. The molecule has 0 aliphatic carbocycles. The largest absolute Gasteiger partial charge is 0.491 e. The SMILES string of the molecule is Cc1cccc(C)c1OCCOCC(O)CN1CCN(CCN2C(=O)c3cccc4cccc(c34)C2=O)CC1. The Morgan fingerprint density at radius 1 is 0.795 bits per heavy atom. The van der Waals surface area contributed by atoms with Crippen molar-refractivity contribution in [1.82, 2.24) is 14.7 Å². The van der Waals surface area contributed by atoms with Gasteiger partial charge < -0.3 is 14.6 Å². The van der Waals surface area contributed by atoms with Crippen molar-refractivity contribution in [3.63, 3.8) is 0 Å². The van der Waals surface area contributed by atoms with E-state index in [1.807, 2.05) is 56.3 Å². The van der Waals surface area contributed by atoms with Crippen molar-refractivity contribution >= 4 is 22.6 Å². The molecule has 2 aliphatic rings. The number of nitrogens with zero attached hydrogens (tertiary/aromatic N) is 3. The topological polar surface area (TPSA) is 82.6 Å². The summed E-state index contributed by atoms with van der Waals surface area (Å²) in [5, 5.41) is 12.1. The molecule has 1 saturated heterocycles. The fourth-order valence-electron chi connectivity index (χ4n) is 5.52. The van der Waals surface area contributed by atoms with Crippen molar-refractivity contribution in [2.75, 3.05) is 65.6 Å². The van der Waals surface area contributed by atoms with Crippen LogP contribution >= 0.6 is 0 Å². The number of carbonyl (C=O) groups is 2. The Kier molecular flexibility index (Phi) is 8.57. The lowest BCUT2D eigenvalue weighted by Crippen LogP contribution is -2.51. The van der Waals surface area contributed by atoms with E-state index >= 15 is 0 Å². The number of aryl methyl sites for hydroxylation is 2. The smallest absolute Gasteiger partial charge is 0.261 e. The summed E-state index contributed by atoms with van der Waals surface area (Å²) >= 11 is 0. The van der Waals surface area contributed by atoms with Crippen LogP contribution in [-0.4, -0.2) is 103 Å². The normalized spacial score (nSPS) is 17.2. The van der Waals surface area contributed by atoms with E-state index < -0.39 is 6.10 Å². The summed E-state index contributed by atoms with van der Waals surface area (Å²) in [4.78, 5) is 32.1. The molecule has 0 saturated carbocycles. The molecular formula is C31H37N3O5. The van der Waals surface area contributed by atoms with Crippen molar-refractivity contribution in [2.45, 2.75) is 20.0 Å². The molecule has 5 rings (SSSR count). The summed E-state index contributed by atoms with van der Waals surface area (Å²) in [6.45, 7) is 10.0. The van der Waals surface area contributed by atoms with Crippen LogP contribution in [0.4, 0.5) is 0 Å². The minimum Gasteiger partial charge on any atom is -0.491 e. The molecule has 0 bridgehead atoms. The van der Waals surface area contributed by atoms with Gasteiger partial charge in [0.05, 0.1) is 19.3 Å². The molecule has 8 heteroatoms. The van der Waals surface area contributed by atoms with Crippen molar-refractivity contribution in [1.29, 1.82) is 0 Å². The number of benzene rings is 3. The van der Waals surface area contributed by atoms with E-state index in [1.165, 1.54) is 4.90 Å². The van der Waals surface area contributed by atoms with Crippen LogP contribution in [0, 0.1) is 13.8 Å². The zero-order chi connectivity index (χ0) is 27.4. The summed E-state index contributed by atoms with van der Waals surface area (Å²) in [7, 11) is 0. The van der Waals surface area contributed by atoms with E-state index in [-0.39, 0.29) is 18.4 Å². The first-order valence-corrected chi connectivity index (χ1v) is 13.7. The highest BCUT2D eigenvalue weighted by atomic mass is 16.5. The van der Waals surface area contributed by atoms with Crippen LogP contribution in [0.5, 0.6) is 5.75 Å². The zero-order valence-electron chi connectivity index (χ0n) is 22.8. The Bertz CT molecular complexity index is 1260. The van der Waals surface area contributed by atoms with E-state index in [4.69, 9.17) is 9.47 Å². The molecular weight excluding hydrogens is 494 g/mol. The summed E-state index contributed by atoms with van der Waals surface area (Å²) in [6.07, 6.45) is -0.567. The maximum atomic E-state index is 13.1. The van der Waals surface area contributed by atoms with Crippen LogP contribution < -0.4 is 4.74 Å². The van der Waals surface area contributed by atoms with Crippen LogP contribution in [0.1, 0.15) is 31.8 Å². The number of β-amino-alcohol motifs (C(OH)–C–C–N with tert-alkyl or cyclic N) is 1. The second-order valence-corrected chi connectivity index (χ2v) is 10.4. The van der Waals surface area contributed by atoms with Gasteiger partial charge in [0, 0.05) is 62.3 Å². The van der Waals surface area contributed by atoms with Crippen molar-refractivity contribution in [3.8, 4) is 5.75 Å². The van der Waals surface area contributed by atoms with E-state index in [0.29, 0.717) is 44.0 Å². The Morgan fingerprint density at radius 2 is 1.38 bits per heavy atom. The lowest BCUT2D eigenvalue weighted by molar-refractivity contribution is -0.000437. The molecule has 0 aromatic heterocycles. The van der Waals surface area contributed by atoms with Gasteiger partial charge in [0.15, 0.2) is 0 Å². The standard InChI is InChI=1S/C31H37N3O5/c1-22-6-3-7-23(2)29(22)39-19-18-38-21-25(35)20-33-14-12-32(13-15-33)16-17-34-30(36)26-10-4-8-24-9-5-11-27(28(24)26)31(34)37/h3-11,25,35H,12-21H2,1-2H3. The van der Waals surface area contributed by atoms with Gasteiger partial charge in [-0.15, -0.1) is 0 Å². The number of amides is 2. The molecule has 0 radical (unpaired) electrons. The lowest BCUT2D eigenvalue weighted by Gasteiger charge is -2.36. The first kappa shape index (κ1) is 27.3. The number of ether oxygens (including phenoxy) is 2. The van der Waals surface area contributed by atoms with Crippen LogP contribution in [0.25, 0.3) is 10.8 Å². The molecule has 39 heavy (non-hydrogen) atoms. The minimum atomic E-state index is -0.567. The number of imide groups is 1. The van der Waals surface area contributed by atoms with Gasteiger partial charge in [0.25, 0.3) is 11.8 Å². The zero-order valence-corrected chi connectivity index (χ0v) is 22.8. The molecule has 3 aromatic rings. The molecule has 3 aromatic carbocycles. The maximum Gasteiger partial charge on any atom is 0.261 e. The monoisotopic (exact) mass is 531 g/mol. The molecule has 206 valence electrons. The van der Waals surface area contributed by atoms with Gasteiger partial charge in [-0.25, -0.2) is 0 Å². The molecule has 2 heterocycles. The molecule has 2 aliphatic heterocycles. The van der Waals surface area contributed by atoms with Gasteiger partial charge in [-0.3, -0.25) is 24.3 Å². The second-order valence-electron chi connectivity index (χ2n) is 10.4. The number of para-hydroxylation sites is 1. The molecule has 1 N–H and O–H groups in total. The summed E-state index contributed by atoms with van der Waals surface area (Å²) in [5.41, 5.74) is 3.40. The summed E-state index contributed by atoms with van der Waals surface area (Å²) in [5.74, 6) is 0.465. The van der Waals surface area contributed by atoms with Gasteiger partial charge in [0.2, 0.25) is 0 Å². The third kappa shape index (κ3) is 6.15. The van der Waals surface area contributed by atoms with Gasteiger partial charge in [0.1, 0.15) is 12.4 Å². The van der Waals surface area contributed by atoms with Crippen LogP contribution in [-0.2, 0) is 4.74 Å². The number of aliphatic hydroxyl groups is 1. The molecule has 1 atom stereocenters. The predicted octanol–water partition coefficient (Wildman–Crippen LogP) is 3.13. The average Bonchev–Trinajstić information content (AvgIpc) is 2.93. The number of rotatable bonds is 11. The van der Waals surface area contributed by atoms with Crippen molar-refractivity contribution in [2.24, 2.45) is 0 Å². The second kappa shape index (κ2) is 12.3. The highest BCUT2D eigenvalue weighted by Crippen LogP contribution is 2.30. The van der Waals surface area contributed by atoms with E-state index in [2.05, 4.69) is 9.80 Å². The first-order chi connectivity index (χ1) is 18.9. The van der Waals surface area contributed by atoms with Gasteiger partial charge in [-0.1, -0.05) is 42.5 Å². The highest BCUT2D eigenvalue weighted by molar-refractivity contribution is 6.25. The fourth-order valence-corrected chi connectivity index (χ4v) is 5.52. The molecule has 0 spiro atoms. The van der Waals surface area contributed by atoms with E-state index in [9.17, 15) is 14.7 Å². The number of hydrogen-bond acceptors (Lipinski definition) is 7. The van der Waals surface area contributed by atoms with E-state index in [1.54, 1.807) is 12.1 Å². The molecule has 2 amide bonds. The third-order valence-electron chi connectivity index (χ3n) is 7.62. The Labute approximate surface area is 229 Å². The fraction of sp³-hybridized carbons (Fsp3) is 0.419. The van der Waals surface area contributed by atoms with Crippen LogP contribution in [0.15, 0.2) is 54.6 Å². The minimum absolute atomic E-state index is 0.217. The lowest BCUT2D eigenvalue weighted by atomic mass is 9.94. The maximum absolute atomic E-state index is 13.1. The predicted molar refractivity (Wildman–Crippen MR) is 150 cm³/mol. The first-order valence-electron chi connectivity index (χ1n) is 13.7. The third-order valence-corrected chi connectivity index (χ3v) is 7.62. The van der Waals surface area contributed by atoms with Crippen molar-refractivity contribution < 1.29 is 24.2 Å². The molecule has 1 unspecified atom stereocenters. The quantitative estimate of drug-likeness (QED) is 0.301. The van der Waals surface area contributed by atoms with Gasteiger partial charge in [-0.2, -0.15) is 0 Å². The van der Waals surface area contributed by atoms with Gasteiger partial charge >= 0.3 is 0 Å². The van der Waals surface area contributed by atoms with E-state index in [0.717, 1.165) is 53.8 Å². The summed E-state index contributed by atoms with van der Waals surface area (Å²) < 4.78 is 11.5. The molecule has 8 nitrogen and oxygen atoms in total. The van der Waals surface area contributed by atoms with Crippen LogP contribution in [0.3, 0.4) is 0 Å². The highest BCUT2D eigenvalue weighted by Gasteiger charge is 2.33. The molecule has 1 fully saturated rings. The number of carbonyl (C=O) groups excluding carboxylic acids is 2. The Balaban J connectivity index is 1.01. The Hall–Kier alpha value is -3.30.